The van der Waals surface area contributed by atoms with Crippen molar-refractivity contribution in [3.05, 3.63) is 29.8 Å². The molecule has 1 rings (SSSR count). The van der Waals surface area contributed by atoms with Crippen molar-refractivity contribution in [2.24, 2.45) is 0 Å². The quantitative estimate of drug-likeness (QED) is 0.645. The summed E-state index contributed by atoms with van der Waals surface area (Å²) in [5.74, 6) is -0.111. The number of ether oxygens (including phenoxy) is 1. The molecule has 1 amide bonds. The van der Waals surface area contributed by atoms with E-state index in [1.165, 1.54) is 0 Å². The molecule has 0 aliphatic rings. The number of alkyl halides is 1. The van der Waals surface area contributed by atoms with E-state index in [9.17, 15) is 4.79 Å². The first-order valence-electron chi connectivity index (χ1n) is 5.28. The molecule has 1 aromatic carbocycles. The van der Waals surface area contributed by atoms with Gasteiger partial charge in [-0.3, -0.25) is 4.79 Å². The minimum atomic E-state index is -0.111. The number of benzene rings is 1. The lowest BCUT2D eigenvalue weighted by atomic mass is 10.2. The van der Waals surface area contributed by atoms with Crippen LogP contribution in [0.25, 0.3) is 0 Å². The molecule has 0 fully saturated rings. The number of nitrogens with one attached hydrogen (secondary N) is 1. The first-order chi connectivity index (χ1) is 7.76. The average Bonchev–Trinajstić information content (AvgIpc) is 2.29. The number of amides is 1. The summed E-state index contributed by atoms with van der Waals surface area (Å²) >= 11 is 3.37. The van der Waals surface area contributed by atoms with Gasteiger partial charge in [-0.2, -0.15) is 0 Å². The fourth-order valence-corrected chi connectivity index (χ4v) is 1.59. The van der Waals surface area contributed by atoms with Gasteiger partial charge in [-0.15, -0.1) is 0 Å². The fourth-order valence-electron chi connectivity index (χ4n) is 1.24. The van der Waals surface area contributed by atoms with Crippen molar-refractivity contribution in [3.8, 4) is 0 Å². The number of carbonyl (C=O) groups is 1. The molecule has 88 valence electrons. The number of hydrogen-bond donors (Lipinski definition) is 1. The zero-order valence-electron chi connectivity index (χ0n) is 9.33. The number of carbonyl (C=O) groups excluding carboxylic acids is 1. The van der Waals surface area contributed by atoms with Crippen LogP contribution in [-0.2, 0) is 14.9 Å². The molecule has 0 saturated heterocycles. The molecule has 0 bridgehead atoms. The van der Waals surface area contributed by atoms with Crippen LogP contribution < -0.4 is 5.32 Å². The van der Waals surface area contributed by atoms with Gasteiger partial charge in [0.15, 0.2) is 0 Å². The lowest BCUT2D eigenvalue weighted by molar-refractivity contribution is -0.120. The third-order valence-electron chi connectivity index (χ3n) is 1.95. The number of hydrogen-bond acceptors (Lipinski definition) is 2. The summed E-state index contributed by atoms with van der Waals surface area (Å²) < 4.78 is 5.15. The molecule has 0 aliphatic carbocycles. The molecule has 0 unspecified atom stereocenters. The molecule has 1 N–H and O–H groups in total. The van der Waals surface area contributed by atoms with Gasteiger partial charge in [0.2, 0.25) is 5.91 Å². The fraction of sp³-hybridized carbons (Fsp3) is 0.417. The van der Waals surface area contributed by atoms with Crippen LogP contribution in [0.15, 0.2) is 24.3 Å². The standard InChI is InChI=1S/C12H16BrNO2/c1-2-6-16-9-12(15)14-11-5-3-4-10(7-11)8-13/h3-5,7H,2,6,8-9H2,1H3,(H,14,15). The Bertz CT molecular complexity index is 342. The summed E-state index contributed by atoms with van der Waals surface area (Å²) in [4.78, 5) is 11.4. The van der Waals surface area contributed by atoms with E-state index in [2.05, 4.69) is 21.2 Å². The number of halogens is 1. The molecule has 0 aromatic heterocycles. The molecule has 0 heterocycles. The van der Waals surface area contributed by atoms with Crippen LogP contribution in [0.4, 0.5) is 5.69 Å². The van der Waals surface area contributed by atoms with E-state index in [-0.39, 0.29) is 12.5 Å². The number of rotatable bonds is 6. The van der Waals surface area contributed by atoms with Crippen molar-refractivity contribution in [1.29, 1.82) is 0 Å². The van der Waals surface area contributed by atoms with Crippen molar-refractivity contribution < 1.29 is 9.53 Å². The molecule has 0 atom stereocenters. The second kappa shape index (κ2) is 7.41. The summed E-state index contributed by atoms with van der Waals surface area (Å²) in [5, 5.41) is 3.57. The zero-order valence-corrected chi connectivity index (χ0v) is 10.9. The second-order valence-electron chi connectivity index (χ2n) is 3.43. The number of anilines is 1. The van der Waals surface area contributed by atoms with Crippen LogP contribution in [0.5, 0.6) is 0 Å². The molecule has 0 aliphatic heterocycles. The van der Waals surface area contributed by atoms with E-state index in [4.69, 9.17) is 4.74 Å². The first kappa shape index (κ1) is 13.2. The van der Waals surface area contributed by atoms with Gasteiger partial charge >= 0.3 is 0 Å². The predicted molar refractivity (Wildman–Crippen MR) is 68.8 cm³/mol. The van der Waals surface area contributed by atoms with E-state index in [1.54, 1.807) is 0 Å². The Kier molecular flexibility index (Phi) is 6.11. The van der Waals surface area contributed by atoms with E-state index in [0.717, 1.165) is 23.0 Å². The summed E-state index contributed by atoms with van der Waals surface area (Å²) in [6.45, 7) is 2.75. The van der Waals surface area contributed by atoms with E-state index in [1.807, 2.05) is 31.2 Å². The maximum absolute atomic E-state index is 11.4. The van der Waals surface area contributed by atoms with Crippen LogP contribution in [-0.4, -0.2) is 19.1 Å². The van der Waals surface area contributed by atoms with Gasteiger partial charge in [0, 0.05) is 17.6 Å². The molecule has 4 heteroatoms. The highest BCUT2D eigenvalue weighted by atomic mass is 79.9. The topological polar surface area (TPSA) is 38.3 Å². The first-order valence-corrected chi connectivity index (χ1v) is 6.41. The normalized spacial score (nSPS) is 10.1. The molecule has 0 saturated carbocycles. The Labute approximate surface area is 104 Å². The highest BCUT2D eigenvalue weighted by Crippen LogP contribution is 2.12. The van der Waals surface area contributed by atoms with Gasteiger partial charge in [-0.05, 0) is 24.1 Å². The van der Waals surface area contributed by atoms with Crippen molar-refractivity contribution >= 4 is 27.5 Å². The monoisotopic (exact) mass is 285 g/mol. The Morgan fingerprint density at radius 2 is 2.31 bits per heavy atom. The van der Waals surface area contributed by atoms with Crippen LogP contribution in [0.3, 0.4) is 0 Å². The van der Waals surface area contributed by atoms with Gasteiger partial charge in [0.25, 0.3) is 0 Å². The largest absolute Gasteiger partial charge is 0.372 e. The Balaban J connectivity index is 2.43. The van der Waals surface area contributed by atoms with Crippen LogP contribution >= 0.6 is 15.9 Å². The summed E-state index contributed by atoms with van der Waals surface area (Å²) in [6.07, 6.45) is 0.923. The van der Waals surface area contributed by atoms with Gasteiger partial charge in [0.1, 0.15) is 6.61 Å². The van der Waals surface area contributed by atoms with Crippen molar-refractivity contribution in [3.63, 3.8) is 0 Å². The molecule has 16 heavy (non-hydrogen) atoms. The van der Waals surface area contributed by atoms with E-state index >= 15 is 0 Å². The zero-order chi connectivity index (χ0) is 11.8. The highest BCUT2D eigenvalue weighted by Gasteiger charge is 2.02. The lowest BCUT2D eigenvalue weighted by Crippen LogP contribution is -2.18. The van der Waals surface area contributed by atoms with Crippen molar-refractivity contribution in [2.45, 2.75) is 18.7 Å². The van der Waals surface area contributed by atoms with Crippen LogP contribution in [0.1, 0.15) is 18.9 Å². The third kappa shape index (κ3) is 4.77. The molecular weight excluding hydrogens is 270 g/mol. The summed E-state index contributed by atoms with van der Waals surface area (Å²) in [6, 6.07) is 7.72. The SMILES string of the molecule is CCCOCC(=O)Nc1cccc(CBr)c1. The van der Waals surface area contributed by atoms with Gasteiger partial charge < -0.3 is 10.1 Å². The molecule has 3 nitrogen and oxygen atoms in total. The van der Waals surface area contributed by atoms with Crippen LogP contribution in [0, 0.1) is 0 Å². The van der Waals surface area contributed by atoms with Crippen LogP contribution in [0.2, 0.25) is 0 Å². The lowest BCUT2D eigenvalue weighted by Gasteiger charge is -2.06. The second-order valence-corrected chi connectivity index (χ2v) is 4.00. The molecule has 0 radical (unpaired) electrons. The Morgan fingerprint density at radius 1 is 1.50 bits per heavy atom. The third-order valence-corrected chi connectivity index (χ3v) is 2.59. The average molecular weight is 286 g/mol. The van der Waals surface area contributed by atoms with Gasteiger partial charge in [-0.25, -0.2) is 0 Å². The van der Waals surface area contributed by atoms with Gasteiger partial charge in [-0.1, -0.05) is 35.0 Å². The maximum Gasteiger partial charge on any atom is 0.250 e. The molecular formula is C12H16BrNO2. The Hall–Kier alpha value is -0.870. The minimum absolute atomic E-state index is 0.111. The molecule has 0 spiro atoms. The summed E-state index contributed by atoms with van der Waals surface area (Å²) in [7, 11) is 0. The van der Waals surface area contributed by atoms with E-state index in [0.29, 0.717) is 6.61 Å². The van der Waals surface area contributed by atoms with Gasteiger partial charge in [0.05, 0.1) is 0 Å². The smallest absolute Gasteiger partial charge is 0.250 e. The highest BCUT2D eigenvalue weighted by molar-refractivity contribution is 9.08. The van der Waals surface area contributed by atoms with Crippen molar-refractivity contribution in [2.75, 3.05) is 18.5 Å². The predicted octanol–water partition coefficient (Wildman–Crippen LogP) is 2.95. The summed E-state index contributed by atoms with van der Waals surface area (Å²) in [5.41, 5.74) is 1.94. The van der Waals surface area contributed by atoms with Crippen molar-refractivity contribution in [1.82, 2.24) is 0 Å². The minimum Gasteiger partial charge on any atom is -0.372 e. The molecule has 1 aromatic rings. The maximum atomic E-state index is 11.4. The van der Waals surface area contributed by atoms with E-state index < -0.39 is 0 Å². The Morgan fingerprint density at radius 3 is 3.00 bits per heavy atom.